The molecular weight excluding hydrogens is 376 g/mol. The fraction of sp³-hybridized carbons (Fsp3) is 0.435. The van der Waals surface area contributed by atoms with Crippen LogP contribution in [0, 0.1) is 0 Å². The highest BCUT2D eigenvalue weighted by molar-refractivity contribution is 5.94. The summed E-state index contributed by atoms with van der Waals surface area (Å²) >= 11 is 0. The van der Waals surface area contributed by atoms with Crippen molar-refractivity contribution in [2.45, 2.75) is 32.9 Å². The molecule has 2 N–H and O–H groups in total. The molecule has 0 saturated carbocycles. The van der Waals surface area contributed by atoms with Gasteiger partial charge in [0.05, 0.1) is 0 Å². The molecule has 7 heteroatoms. The molecule has 1 aromatic heterocycles. The minimum absolute atomic E-state index is 0.0561. The van der Waals surface area contributed by atoms with Gasteiger partial charge in [-0.05, 0) is 50.6 Å². The Balaban J connectivity index is 1.55. The van der Waals surface area contributed by atoms with Gasteiger partial charge in [-0.25, -0.2) is 4.98 Å². The molecule has 0 unspecified atom stereocenters. The quantitative estimate of drug-likeness (QED) is 0.601. The van der Waals surface area contributed by atoms with Crippen molar-refractivity contribution in [3.8, 4) is 0 Å². The largest absolute Gasteiger partial charge is 0.353 e. The zero-order valence-electron chi connectivity index (χ0n) is 18.4. The third-order valence-electron chi connectivity index (χ3n) is 4.89. The zero-order valence-corrected chi connectivity index (χ0v) is 18.4. The minimum Gasteiger partial charge on any atom is -0.353 e. The third kappa shape index (κ3) is 5.95. The normalized spacial score (nSPS) is 15.1. The topological polar surface area (TPSA) is 72.9 Å². The average molecular weight is 409 g/mol. The molecule has 0 spiro atoms. The molecule has 0 atom stereocenters. The summed E-state index contributed by atoms with van der Waals surface area (Å²) in [5, 5.41) is 6.44. The van der Waals surface area contributed by atoms with Crippen LogP contribution in [0.5, 0.6) is 0 Å². The summed E-state index contributed by atoms with van der Waals surface area (Å²) in [4.78, 5) is 25.9. The van der Waals surface area contributed by atoms with Crippen LogP contribution in [0.25, 0.3) is 0 Å². The lowest BCUT2D eigenvalue weighted by atomic mass is 10.1. The SMILES string of the molecule is CN=C(NCc1cccc(C(=O)NC(C)(C)C)c1)N1CCN(c2ccccn2)CC1. The Hall–Kier alpha value is -3.09. The molecule has 1 aliphatic heterocycles. The zero-order chi connectivity index (χ0) is 21.6. The third-order valence-corrected chi connectivity index (χ3v) is 4.89. The van der Waals surface area contributed by atoms with E-state index >= 15 is 0 Å². The lowest BCUT2D eigenvalue weighted by Gasteiger charge is -2.37. The number of guanidine groups is 1. The predicted molar refractivity (Wildman–Crippen MR) is 122 cm³/mol. The summed E-state index contributed by atoms with van der Waals surface area (Å²) in [5.41, 5.74) is 1.46. The van der Waals surface area contributed by atoms with Crippen LogP contribution in [0.1, 0.15) is 36.7 Å². The van der Waals surface area contributed by atoms with Gasteiger partial charge in [-0.1, -0.05) is 18.2 Å². The molecule has 2 aromatic rings. The van der Waals surface area contributed by atoms with Crippen molar-refractivity contribution in [1.82, 2.24) is 20.5 Å². The maximum atomic E-state index is 12.4. The van der Waals surface area contributed by atoms with E-state index in [1.165, 1.54) is 0 Å². The predicted octanol–water partition coefficient (Wildman–Crippen LogP) is 2.51. The van der Waals surface area contributed by atoms with E-state index in [9.17, 15) is 4.79 Å². The van der Waals surface area contributed by atoms with Gasteiger partial charge in [0.2, 0.25) is 0 Å². The number of piperazine rings is 1. The number of nitrogens with one attached hydrogen (secondary N) is 2. The Kier molecular flexibility index (Phi) is 6.92. The van der Waals surface area contributed by atoms with Gasteiger partial charge in [0, 0.05) is 57.1 Å². The van der Waals surface area contributed by atoms with Crippen LogP contribution in [0.3, 0.4) is 0 Å². The highest BCUT2D eigenvalue weighted by Gasteiger charge is 2.20. The standard InChI is InChI=1S/C23H32N6O/c1-23(2,3)27-21(30)19-9-7-8-18(16-19)17-26-22(24-4)29-14-12-28(13-15-29)20-10-5-6-11-25-20/h5-11,16H,12-15,17H2,1-4H3,(H,24,26)(H,27,30). The maximum absolute atomic E-state index is 12.4. The van der Waals surface area contributed by atoms with E-state index < -0.39 is 0 Å². The molecule has 0 aliphatic carbocycles. The van der Waals surface area contributed by atoms with E-state index in [0.29, 0.717) is 12.1 Å². The molecule has 30 heavy (non-hydrogen) atoms. The first-order valence-corrected chi connectivity index (χ1v) is 10.4. The van der Waals surface area contributed by atoms with Gasteiger partial charge < -0.3 is 20.4 Å². The van der Waals surface area contributed by atoms with Crippen LogP contribution in [0.4, 0.5) is 5.82 Å². The first-order valence-electron chi connectivity index (χ1n) is 10.4. The lowest BCUT2D eigenvalue weighted by molar-refractivity contribution is 0.0919. The molecule has 1 saturated heterocycles. The molecule has 3 rings (SSSR count). The number of hydrogen-bond acceptors (Lipinski definition) is 4. The Morgan fingerprint density at radius 2 is 1.87 bits per heavy atom. The van der Waals surface area contributed by atoms with E-state index in [0.717, 1.165) is 43.5 Å². The highest BCUT2D eigenvalue weighted by atomic mass is 16.1. The molecule has 0 radical (unpaired) electrons. The van der Waals surface area contributed by atoms with Crippen LogP contribution >= 0.6 is 0 Å². The Labute approximate surface area is 179 Å². The molecule has 160 valence electrons. The van der Waals surface area contributed by atoms with Gasteiger partial charge in [-0.15, -0.1) is 0 Å². The number of aliphatic imine (C=N–C) groups is 1. The summed E-state index contributed by atoms with van der Waals surface area (Å²) in [6.45, 7) is 10.1. The maximum Gasteiger partial charge on any atom is 0.251 e. The second-order valence-corrected chi connectivity index (χ2v) is 8.47. The molecule has 1 aromatic carbocycles. The highest BCUT2D eigenvalue weighted by Crippen LogP contribution is 2.13. The van der Waals surface area contributed by atoms with Crippen molar-refractivity contribution in [1.29, 1.82) is 0 Å². The number of amides is 1. The fourth-order valence-corrected chi connectivity index (χ4v) is 3.44. The van der Waals surface area contributed by atoms with Gasteiger partial charge in [-0.3, -0.25) is 9.79 Å². The van der Waals surface area contributed by atoms with Crippen molar-refractivity contribution < 1.29 is 4.79 Å². The van der Waals surface area contributed by atoms with Crippen LogP contribution in [-0.4, -0.2) is 60.5 Å². The second kappa shape index (κ2) is 9.61. The first-order chi connectivity index (χ1) is 14.4. The molecule has 1 aliphatic rings. The minimum atomic E-state index is -0.259. The number of anilines is 1. The Bertz CT molecular complexity index is 867. The summed E-state index contributed by atoms with van der Waals surface area (Å²) in [6, 6.07) is 13.7. The molecule has 2 heterocycles. The van der Waals surface area contributed by atoms with E-state index in [-0.39, 0.29) is 11.4 Å². The second-order valence-electron chi connectivity index (χ2n) is 8.47. The number of carbonyl (C=O) groups is 1. The van der Waals surface area contributed by atoms with Crippen LogP contribution in [0.2, 0.25) is 0 Å². The van der Waals surface area contributed by atoms with Gasteiger partial charge in [0.25, 0.3) is 5.91 Å². The Morgan fingerprint density at radius 1 is 1.10 bits per heavy atom. The van der Waals surface area contributed by atoms with E-state index in [4.69, 9.17) is 0 Å². The number of carbonyl (C=O) groups excluding carboxylic acids is 1. The van der Waals surface area contributed by atoms with Crippen LogP contribution in [0.15, 0.2) is 53.7 Å². The summed E-state index contributed by atoms with van der Waals surface area (Å²) < 4.78 is 0. The lowest BCUT2D eigenvalue weighted by Crippen LogP contribution is -2.52. The van der Waals surface area contributed by atoms with Gasteiger partial charge >= 0.3 is 0 Å². The number of hydrogen-bond donors (Lipinski definition) is 2. The van der Waals surface area contributed by atoms with Gasteiger partial charge in [-0.2, -0.15) is 0 Å². The number of rotatable bonds is 4. The number of nitrogens with zero attached hydrogens (tertiary/aromatic N) is 4. The molecule has 0 bridgehead atoms. The average Bonchev–Trinajstić information content (AvgIpc) is 2.74. The van der Waals surface area contributed by atoms with Crippen LogP contribution in [-0.2, 0) is 6.54 Å². The van der Waals surface area contributed by atoms with Crippen molar-refractivity contribution in [3.05, 3.63) is 59.8 Å². The number of pyridine rings is 1. The molecule has 1 amide bonds. The van der Waals surface area contributed by atoms with Crippen molar-refractivity contribution in [2.75, 3.05) is 38.1 Å². The van der Waals surface area contributed by atoms with Crippen LogP contribution < -0.4 is 15.5 Å². The molecule has 7 nitrogen and oxygen atoms in total. The molecule has 1 fully saturated rings. The first kappa shape index (κ1) is 21.6. The summed E-state index contributed by atoms with van der Waals surface area (Å²) in [6.07, 6.45) is 1.83. The van der Waals surface area contributed by atoms with Gasteiger partial charge in [0.15, 0.2) is 5.96 Å². The van der Waals surface area contributed by atoms with E-state index in [1.807, 2.05) is 69.4 Å². The number of benzene rings is 1. The van der Waals surface area contributed by atoms with Gasteiger partial charge in [0.1, 0.15) is 5.82 Å². The smallest absolute Gasteiger partial charge is 0.251 e. The van der Waals surface area contributed by atoms with Crippen molar-refractivity contribution >= 4 is 17.7 Å². The number of aromatic nitrogens is 1. The molecular formula is C23H32N6O. The monoisotopic (exact) mass is 408 g/mol. The summed E-state index contributed by atoms with van der Waals surface area (Å²) in [7, 11) is 1.81. The van der Waals surface area contributed by atoms with Crippen molar-refractivity contribution in [3.63, 3.8) is 0 Å². The fourth-order valence-electron chi connectivity index (χ4n) is 3.44. The van der Waals surface area contributed by atoms with E-state index in [2.05, 4.69) is 30.4 Å². The van der Waals surface area contributed by atoms with Crippen molar-refractivity contribution in [2.24, 2.45) is 4.99 Å². The summed E-state index contributed by atoms with van der Waals surface area (Å²) in [5.74, 6) is 1.84. The van der Waals surface area contributed by atoms with E-state index in [1.54, 1.807) is 7.05 Å². The Morgan fingerprint density at radius 3 is 2.50 bits per heavy atom.